The molecule has 19 heavy (non-hydrogen) atoms. The van der Waals surface area contributed by atoms with Gasteiger partial charge in [-0.1, -0.05) is 30.3 Å². The van der Waals surface area contributed by atoms with Crippen molar-refractivity contribution in [1.82, 2.24) is 5.32 Å². The lowest BCUT2D eigenvalue weighted by Gasteiger charge is -2.21. The van der Waals surface area contributed by atoms with Gasteiger partial charge in [0, 0.05) is 6.92 Å². The van der Waals surface area contributed by atoms with Crippen LogP contribution in [0.15, 0.2) is 30.3 Å². The van der Waals surface area contributed by atoms with E-state index in [2.05, 4.69) is 0 Å². The lowest BCUT2D eigenvalue weighted by atomic mass is 10.0. The number of halogens is 3. The van der Waals surface area contributed by atoms with Crippen LogP contribution in [0.5, 0.6) is 0 Å². The number of hydrogen-bond donors (Lipinski definition) is 1. The summed E-state index contributed by atoms with van der Waals surface area (Å²) in [5.74, 6) is -0.445. The Hall–Kier alpha value is -1.52. The number of nitrogens with one attached hydrogen (secondary N) is 1. The standard InChI is InChI=1S/C14H16F3NO/c1-9(19)18-13(14(15,16)17)8-11-7-12(11)10-5-3-2-4-6-10/h2-6,11-13H,7-8H2,1H3,(H,18,19)/t11?,12?,13-/m0/s1. The second kappa shape index (κ2) is 5.23. The summed E-state index contributed by atoms with van der Waals surface area (Å²) < 4.78 is 38.3. The van der Waals surface area contributed by atoms with Crippen LogP contribution in [0.25, 0.3) is 0 Å². The number of rotatable bonds is 4. The number of alkyl halides is 3. The van der Waals surface area contributed by atoms with Gasteiger partial charge >= 0.3 is 6.18 Å². The molecule has 5 heteroatoms. The molecule has 1 aliphatic rings. The average Bonchev–Trinajstić information content (AvgIpc) is 3.07. The first-order valence-electron chi connectivity index (χ1n) is 6.26. The third-order valence-corrected chi connectivity index (χ3v) is 3.46. The van der Waals surface area contributed by atoms with Crippen LogP contribution in [-0.4, -0.2) is 18.1 Å². The second-order valence-corrected chi connectivity index (χ2v) is 5.04. The normalized spacial score (nSPS) is 23.8. The number of carbonyl (C=O) groups is 1. The van der Waals surface area contributed by atoms with E-state index in [1.807, 2.05) is 35.6 Å². The fourth-order valence-corrected chi connectivity index (χ4v) is 2.44. The molecule has 0 heterocycles. The highest BCUT2D eigenvalue weighted by Gasteiger charge is 2.47. The number of carbonyl (C=O) groups excluding carboxylic acids is 1. The summed E-state index contributed by atoms with van der Waals surface area (Å²) in [6.07, 6.45) is -3.66. The van der Waals surface area contributed by atoms with Gasteiger partial charge in [-0.15, -0.1) is 0 Å². The molecule has 1 fully saturated rings. The molecule has 0 radical (unpaired) electrons. The lowest BCUT2D eigenvalue weighted by Crippen LogP contribution is -2.44. The minimum Gasteiger partial charge on any atom is -0.345 e. The summed E-state index contributed by atoms with van der Waals surface area (Å²) in [7, 11) is 0. The van der Waals surface area contributed by atoms with E-state index in [4.69, 9.17) is 0 Å². The van der Waals surface area contributed by atoms with Crippen molar-refractivity contribution in [3.63, 3.8) is 0 Å². The van der Waals surface area contributed by atoms with Gasteiger partial charge in [0.1, 0.15) is 6.04 Å². The maximum Gasteiger partial charge on any atom is 0.408 e. The van der Waals surface area contributed by atoms with E-state index in [9.17, 15) is 18.0 Å². The smallest absolute Gasteiger partial charge is 0.345 e. The van der Waals surface area contributed by atoms with E-state index < -0.39 is 18.1 Å². The summed E-state index contributed by atoms with van der Waals surface area (Å²) in [6, 6.07) is 7.80. The molecule has 2 unspecified atom stereocenters. The van der Waals surface area contributed by atoms with Gasteiger partial charge < -0.3 is 5.32 Å². The van der Waals surface area contributed by atoms with Crippen molar-refractivity contribution in [3.8, 4) is 0 Å². The maximum atomic E-state index is 12.8. The van der Waals surface area contributed by atoms with E-state index in [1.54, 1.807) is 0 Å². The Morgan fingerprint density at radius 1 is 1.37 bits per heavy atom. The molecule has 2 rings (SSSR count). The van der Waals surface area contributed by atoms with Crippen LogP contribution in [0.3, 0.4) is 0 Å². The largest absolute Gasteiger partial charge is 0.408 e. The van der Waals surface area contributed by atoms with E-state index in [-0.39, 0.29) is 18.3 Å². The summed E-state index contributed by atoms with van der Waals surface area (Å²) in [6.45, 7) is 1.11. The molecule has 1 aromatic rings. The van der Waals surface area contributed by atoms with Crippen molar-refractivity contribution < 1.29 is 18.0 Å². The van der Waals surface area contributed by atoms with E-state index in [0.29, 0.717) is 0 Å². The molecule has 0 bridgehead atoms. The molecule has 104 valence electrons. The van der Waals surface area contributed by atoms with Crippen LogP contribution in [0.4, 0.5) is 13.2 Å². The van der Waals surface area contributed by atoms with Crippen LogP contribution < -0.4 is 5.32 Å². The Kier molecular flexibility index (Phi) is 3.83. The maximum absolute atomic E-state index is 12.8. The number of hydrogen-bond acceptors (Lipinski definition) is 1. The summed E-state index contributed by atoms with van der Waals surface area (Å²) in [5, 5.41) is 2.00. The Morgan fingerprint density at radius 3 is 2.53 bits per heavy atom. The number of benzene rings is 1. The summed E-state index contributed by atoms with van der Waals surface area (Å²) >= 11 is 0. The van der Waals surface area contributed by atoms with Gasteiger partial charge in [-0.3, -0.25) is 4.79 Å². The average molecular weight is 271 g/mol. The highest BCUT2D eigenvalue weighted by molar-refractivity contribution is 5.73. The van der Waals surface area contributed by atoms with Crippen molar-refractivity contribution in [2.45, 2.75) is 37.9 Å². The Labute approximate surface area is 110 Å². The summed E-state index contributed by atoms with van der Waals surface area (Å²) in [5.41, 5.74) is 1.08. The van der Waals surface area contributed by atoms with Gasteiger partial charge in [0.2, 0.25) is 5.91 Å². The monoisotopic (exact) mass is 271 g/mol. The molecule has 0 spiro atoms. The zero-order chi connectivity index (χ0) is 14.0. The van der Waals surface area contributed by atoms with Gasteiger partial charge in [-0.25, -0.2) is 0 Å². The first-order valence-corrected chi connectivity index (χ1v) is 6.26. The first kappa shape index (κ1) is 13.9. The highest BCUT2D eigenvalue weighted by atomic mass is 19.4. The van der Waals surface area contributed by atoms with Crippen LogP contribution in [0, 0.1) is 5.92 Å². The molecule has 0 saturated heterocycles. The fraction of sp³-hybridized carbons (Fsp3) is 0.500. The molecular weight excluding hydrogens is 255 g/mol. The molecule has 3 atom stereocenters. The third kappa shape index (κ3) is 3.72. The second-order valence-electron chi connectivity index (χ2n) is 5.04. The minimum atomic E-state index is -4.38. The van der Waals surface area contributed by atoms with Crippen LogP contribution in [0.2, 0.25) is 0 Å². The topological polar surface area (TPSA) is 29.1 Å². The molecule has 0 aliphatic heterocycles. The first-order chi connectivity index (χ1) is 8.88. The zero-order valence-corrected chi connectivity index (χ0v) is 10.6. The lowest BCUT2D eigenvalue weighted by molar-refractivity contribution is -0.163. The van der Waals surface area contributed by atoms with Crippen molar-refractivity contribution in [2.24, 2.45) is 5.92 Å². The minimum absolute atomic E-state index is 0.000810. The van der Waals surface area contributed by atoms with E-state index >= 15 is 0 Å². The van der Waals surface area contributed by atoms with Gasteiger partial charge in [-0.2, -0.15) is 13.2 Å². The zero-order valence-electron chi connectivity index (χ0n) is 10.6. The van der Waals surface area contributed by atoms with Gasteiger partial charge in [0.05, 0.1) is 0 Å². The Balaban J connectivity index is 1.95. The van der Waals surface area contributed by atoms with Gasteiger partial charge in [0.25, 0.3) is 0 Å². The van der Waals surface area contributed by atoms with Crippen molar-refractivity contribution >= 4 is 5.91 Å². The van der Waals surface area contributed by atoms with Crippen LogP contribution >= 0.6 is 0 Å². The Bertz CT molecular complexity index is 444. The quantitative estimate of drug-likeness (QED) is 0.895. The predicted molar refractivity (Wildman–Crippen MR) is 65.6 cm³/mol. The van der Waals surface area contributed by atoms with Gasteiger partial charge in [-0.05, 0) is 30.2 Å². The fourth-order valence-electron chi connectivity index (χ4n) is 2.44. The molecule has 1 saturated carbocycles. The highest BCUT2D eigenvalue weighted by Crippen LogP contribution is 2.51. The van der Waals surface area contributed by atoms with Crippen molar-refractivity contribution in [2.75, 3.05) is 0 Å². The van der Waals surface area contributed by atoms with Crippen LogP contribution in [0.1, 0.15) is 31.2 Å². The molecule has 0 aromatic heterocycles. The van der Waals surface area contributed by atoms with Crippen molar-refractivity contribution in [3.05, 3.63) is 35.9 Å². The molecule has 1 aliphatic carbocycles. The van der Waals surface area contributed by atoms with E-state index in [1.165, 1.54) is 0 Å². The third-order valence-electron chi connectivity index (χ3n) is 3.46. The molecule has 1 N–H and O–H groups in total. The number of amides is 1. The van der Waals surface area contributed by atoms with Gasteiger partial charge in [0.15, 0.2) is 0 Å². The van der Waals surface area contributed by atoms with E-state index in [0.717, 1.165) is 18.9 Å². The molecular formula is C14H16F3NO. The molecule has 1 aromatic carbocycles. The SMILES string of the molecule is CC(=O)N[C@@H](CC1CC1c1ccccc1)C(F)(F)F. The Morgan fingerprint density at radius 2 is 2.00 bits per heavy atom. The predicted octanol–water partition coefficient (Wildman–Crippen LogP) is 3.25. The molecule has 1 amide bonds. The van der Waals surface area contributed by atoms with Crippen molar-refractivity contribution in [1.29, 1.82) is 0 Å². The molecule has 2 nitrogen and oxygen atoms in total. The van der Waals surface area contributed by atoms with Crippen LogP contribution in [-0.2, 0) is 4.79 Å². The summed E-state index contributed by atoms with van der Waals surface area (Å²) in [4.78, 5) is 10.8.